The second kappa shape index (κ2) is 9.91. The van der Waals surface area contributed by atoms with Gasteiger partial charge in [0, 0.05) is 23.0 Å². The van der Waals surface area contributed by atoms with Crippen molar-refractivity contribution >= 4 is 28.4 Å². The highest BCUT2D eigenvalue weighted by atomic mass is 32.2. The van der Waals surface area contributed by atoms with Gasteiger partial charge in [-0.1, -0.05) is 30.0 Å². The third-order valence-corrected chi connectivity index (χ3v) is 7.10. The van der Waals surface area contributed by atoms with Crippen molar-refractivity contribution in [3.8, 4) is 11.4 Å². The molecule has 8 heteroatoms. The third-order valence-electron chi connectivity index (χ3n) is 6.16. The fourth-order valence-electron chi connectivity index (χ4n) is 4.28. The number of carbonyl (C=O) groups excluding carboxylic acids is 1. The highest BCUT2D eigenvalue weighted by Crippen LogP contribution is 2.26. The molecule has 0 aliphatic carbocycles. The van der Waals surface area contributed by atoms with Crippen molar-refractivity contribution in [2.45, 2.75) is 25.5 Å². The van der Waals surface area contributed by atoms with Crippen LogP contribution in [0.25, 0.3) is 16.6 Å². The number of para-hydroxylation sites is 1. The number of aryl methyl sites for hydroxylation is 1. The first kappa shape index (κ1) is 23.7. The number of benzene rings is 2. The molecule has 0 spiro atoms. The quantitative estimate of drug-likeness (QED) is 0.161. The van der Waals surface area contributed by atoms with Crippen LogP contribution in [0.5, 0.6) is 5.75 Å². The molecule has 0 N–H and O–H groups in total. The summed E-state index contributed by atoms with van der Waals surface area (Å²) in [7, 11) is 1.58. The molecule has 2 aromatic carbocycles. The minimum Gasteiger partial charge on any atom is -0.497 e. The standard InChI is InChI=1S/C28H25N3O4S/c1-18-14-24(19(2)30(18)16-22-10-7-13-35-22)26(32)17-36-28-29-25-12-5-4-11-23(25)27(33)31(28)20-8-6-9-21(15-20)34-3/h4-15H,16-17H2,1-3H3. The number of rotatable bonds is 8. The molecule has 0 amide bonds. The van der Waals surface area contributed by atoms with Crippen LogP contribution in [0.15, 0.2) is 87.4 Å². The van der Waals surface area contributed by atoms with Crippen LogP contribution in [0.1, 0.15) is 27.5 Å². The summed E-state index contributed by atoms with van der Waals surface area (Å²) in [5, 5.41) is 0.960. The Bertz CT molecular complexity index is 1620. The lowest BCUT2D eigenvalue weighted by molar-refractivity contribution is 0.102. The zero-order chi connectivity index (χ0) is 25.2. The normalized spacial score (nSPS) is 11.2. The first-order chi connectivity index (χ1) is 17.5. The molecular formula is C28H25N3O4S. The number of aromatic nitrogens is 3. The molecule has 0 saturated carbocycles. The van der Waals surface area contributed by atoms with Gasteiger partial charge in [0.05, 0.1) is 42.3 Å². The van der Waals surface area contributed by atoms with E-state index in [0.717, 1.165) is 17.1 Å². The van der Waals surface area contributed by atoms with E-state index in [1.54, 1.807) is 36.1 Å². The number of thioether (sulfide) groups is 1. The van der Waals surface area contributed by atoms with Crippen LogP contribution in [-0.4, -0.2) is 32.8 Å². The second-order valence-electron chi connectivity index (χ2n) is 8.42. The van der Waals surface area contributed by atoms with Crippen LogP contribution >= 0.6 is 11.8 Å². The monoisotopic (exact) mass is 499 g/mol. The van der Waals surface area contributed by atoms with Crippen molar-refractivity contribution in [1.29, 1.82) is 0 Å². The SMILES string of the molecule is COc1cccc(-n2c(SCC(=O)c3cc(C)n(Cc4ccco4)c3C)nc3ccccc3c2=O)c1. The molecule has 0 aliphatic heterocycles. The summed E-state index contributed by atoms with van der Waals surface area (Å²) in [6.45, 7) is 4.48. The van der Waals surface area contributed by atoms with E-state index in [-0.39, 0.29) is 17.1 Å². The topological polar surface area (TPSA) is 79.3 Å². The molecule has 0 atom stereocenters. The van der Waals surface area contributed by atoms with E-state index in [2.05, 4.69) is 4.57 Å². The van der Waals surface area contributed by atoms with Gasteiger partial charge in [0.2, 0.25) is 0 Å². The van der Waals surface area contributed by atoms with Crippen molar-refractivity contribution in [3.05, 3.63) is 106 Å². The van der Waals surface area contributed by atoms with Crippen molar-refractivity contribution in [1.82, 2.24) is 14.1 Å². The number of hydrogen-bond donors (Lipinski definition) is 0. The number of fused-ring (bicyclic) bond motifs is 1. The lowest BCUT2D eigenvalue weighted by atomic mass is 10.2. The Hall–Kier alpha value is -4.04. The molecule has 0 fully saturated rings. The molecule has 36 heavy (non-hydrogen) atoms. The van der Waals surface area contributed by atoms with Gasteiger partial charge < -0.3 is 13.7 Å². The molecule has 5 aromatic rings. The third kappa shape index (κ3) is 4.47. The van der Waals surface area contributed by atoms with Gasteiger partial charge in [-0.05, 0) is 56.3 Å². The van der Waals surface area contributed by atoms with Gasteiger partial charge in [0.15, 0.2) is 10.9 Å². The van der Waals surface area contributed by atoms with E-state index in [1.807, 2.05) is 62.4 Å². The van der Waals surface area contributed by atoms with Crippen LogP contribution in [0.4, 0.5) is 0 Å². The maximum Gasteiger partial charge on any atom is 0.266 e. The second-order valence-corrected chi connectivity index (χ2v) is 9.36. The molecule has 0 radical (unpaired) electrons. The molecule has 3 heterocycles. The molecule has 5 rings (SSSR count). The summed E-state index contributed by atoms with van der Waals surface area (Å²) < 4.78 is 14.5. The minimum atomic E-state index is -0.194. The van der Waals surface area contributed by atoms with Gasteiger partial charge >= 0.3 is 0 Å². The maximum absolute atomic E-state index is 13.5. The molecule has 0 aliphatic rings. The molecule has 7 nitrogen and oxygen atoms in total. The fourth-order valence-corrected chi connectivity index (χ4v) is 5.18. The summed E-state index contributed by atoms with van der Waals surface area (Å²) in [5.74, 6) is 1.56. The van der Waals surface area contributed by atoms with E-state index in [1.165, 1.54) is 11.8 Å². The summed E-state index contributed by atoms with van der Waals surface area (Å²) in [4.78, 5) is 31.5. The maximum atomic E-state index is 13.5. The smallest absolute Gasteiger partial charge is 0.266 e. The van der Waals surface area contributed by atoms with E-state index >= 15 is 0 Å². The van der Waals surface area contributed by atoms with E-state index < -0.39 is 0 Å². The summed E-state index contributed by atoms with van der Waals surface area (Å²) in [6.07, 6.45) is 1.64. The van der Waals surface area contributed by atoms with Crippen LogP contribution < -0.4 is 10.3 Å². The van der Waals surface area contributed by atoms with E-state index in [0.29, 0.717) is 39.6 Å². The Kier molecular flexibility index (Phi) is 6.52. The van der Waals surface area contributed by atoms with Crippen molar-refractivity contribution in [2.24, 2.45) is 0 Å². The number of carbonyl (C=O) groups is 1. The molecule has 182 valence electrons. The van der Waals surface area contributed by atoms with Gasteiger partial charge in [-0.3, -0.25) is 14.2 Å². The number of Topliss-reactive ketones (excluding diaryl/α,β-unsaturated/α-hetero) is 1. The summed E-state index contributed by atoms with van der Waals surface area (Å²) >= 11 is 1.25. The highest BCUT2D eigenvalue weighted by molar-refractivity contribution is 7.99. The van der Waals surface area contributed by atoms with Crippen LogP contribution in [0.3, 0.4) is 0 Å². The first-order valence-corrected chi connectivity index (χ1v) is 12.5. The van der Waals surface area contributed by atoms with E-state index in [9.17, 15) is 9.59 Å². The Morgan fingerprint density at radius 3 is 2.67 bits per heavy atom. The zero-order valence-electron chi connectivity index (χ0n) is 20.2. The van der Waals surface area contributed by atoms with Gasteiger partial charge in [-0.15, -0.1) is 0 Å². The Balaban J connectivity index is 1.48. The highest BCUT2D eigenvalue weighted by Gasteiger charge is 2.19. The van der Waals surface area contributed by atoms with Gasteiger partial charge in [0.1, 0.15) is 11.5 Å². The molecule has 3 aromatic heterocycles. The molecular weight excluding hydrogens is 474 g/mol. The van der Waals surface area contributed by atoms with E-state index in [4.69, 9.17) is 14.1 Å². The average molecular weight is 500 g/mol. The molecule has 0 unspecified atom stereocenters. The minimum absolute atomic E-state index is 0.0293. The Morgan fingerprint density at radius 2 is 1.89 bits per heavy atom. The van der Waals surface area contributed by atoms with Crippen molar-refractivity contribution in [3.63, 3.8) is 0 Å². The zero-order valence-corrected chi connectivity index (χ0v) is 21.0. The Labute approximate surface area is 212 Å². The van der Waals surface area contributed by atoms with Crippen LogP contribution in [-0.2, 0) is 6.54 Å². The number of nitrogens with zero attached hydrogens (tertiary/aromatic N) is 3. The molecule has 0 bridgehead atoms. The largest absolute Gasteiger partial charge is 0.497 e. The fraction of sp³-hybridized carbons (Fsp3) is 0.179. The summed E-state index contributed by atoms with van der Waals surface area (Å²) in [6, 6.07) is 20.2. The average Bonchev–Trinajstić information content (AvgIpc) is 3.51. The number of ketones is 1. The number of hydrogen-bond acceptors (Lipinski definition) is 6. The lowest BCUT2D eigenvalue weighted by Gasteiger charge is -2.14. The Morgan fingerprint density at radius 1 is 1.06 bits per heavy atom. The molecule has 0 saturated heterocycles. The van der Waals surface area contributed by atoms with Crippen LogP contribution in [0, 0.1) is 13.8 Å². The van der Waals surface area contributed by atoms with Gasteiger partial charge in [-0.2, -0.15) is 0 Å². The number of furan rings is 1. The predicted octanol–water partition coefficient (Wildman–Crippen LogP) is 5.43. The number of ether oxygens (including phenoxy) is 1. The summed E-state index contributed by atoms with van der Waals surface area (Å²) in [5.41, 5.74) is 3.54. The lowest BCUT2D eigenvalue weighted by Crippen LogP contribution is -2.22. The van der Waals surface area contributed by atoms with Crippen molar-refractivity contribution < 1.29 is 13.9 Å². The van der Waals surface area contributed by atoms with Crippen LogP contribution in [0.2, 0.25) is 0 Å². The van der Waals surface area contributed by atoms with Crippen molar-refractivity contribution in [2.75, 3.05) is 12.9 Å². The van der Waals surface area contributed by atoms with Gasteiger partial charge in [0.25, 0.3) is 5.56 Å². The predicted molar refractivity (Wildman–Crippen MR) is 141 cm³/mol. The first-order valence-electron chi connectivity index (χ1n) is 11.5. The van der Waals surface area contributed by atoms with Gasteiger partial charge in [-0.25, -0.2) is 4.98 Å². The number of methoxy groups -OCH3 is 1.